The number of carbonyl (C=O) groups excluding carboxylic acids is 2. The summed E-state index contributed by atoms with van der Waals surface area (Å²) >= 11 is 0. The molecule has 0 aromatic heterocycles. The molecule has 31 nitrogen and oxygen atoms in total. The highest BCUT2D eigenvalue weighted by atomic mass is 16.8. The molecule has 16 N–H and O–H groups in total. The second-order valence-electron chi connectivity index (χ2n) is 21.9. The van der Waals surface area contributed by atoms with Gasteiger partial charge in [0, 0.05) is 18.8 Å². The van der Waals surface area contributed by atoms with Gasteiger partial charge in [-0.25, -0.2) is 0 Å². The summed E-state index contributed by atoms with van der Waals surface area (Å²) in [4.78, 5) is 27.0. The average Bonchev–Trinajstić information content (AvgIpc) is 3.78. The van der Waals surface area contributed by atoms with Gasteiger partial charge >= 0.3 is 23.8 Å². The molecule has 0 aliphatic carbocycles. The van der Waals surface area contributed by atoms with Crippen LogP contribution in [0, 0.1) is 11.8 Å². The Bertz CT molecular complexity index is 2130. The molecule has 6 aliphatic heterocycles. The van der Waals surface area contributed by atoms with E-state index in [1.807, 2.05) is 13.8 Å². The molecule has 83 heavy (non-hydrogen) atoms. The van der Waals surface area contributed by atoms with E-state index in [0.29, 0.717) is 12.8 Å². The molecule has 32 heteroatoms. The highest BCUT2D eigenvalue weighted by Crippen LogP contribution is 2.37. The molecule has 4 fully saturated rings. The van der Waals surface area contributed by atoms with Crippen LogP contribution in [-0.4, -0.2) is 293 Å². The maximum atomic E-state index is 13.7. The standard InChI is InChI=1S/C51H83BO31/c1-7-17(3)25(75-29(59)11-22(56)10-26(18(4)8-2)76-49-37(67)34(64)28(14-54)77-49)9-21(55)12-30(60)79-43-31(61)19(5)73-46(52)45(43)83-51-40(70)44(82-50-38(68)35(65)33(63)27(13-53)78-50)41(20(6)74-51)80-48-39(69)42(24(58)16-72-48)81-47-36(66)32(62)23(57)15-71-47/h17-28,31-35,37-38,40-46,49-51,53-58,61-70H,7-16H2,1-6H3/t17-,18-,19+,20-,21-,22-,23+,24+,25-,26-,27+,28-,31-,32-,33+,34-,35-,37+,38+,40+,41-,42-,43-,44-,45+,46+,49+,50-,51-/m0/s1. The normalized spacial score (nSPS) is 40.9. The summed E-state index contributed by atoms with van der Waals surface area (Å²) < 4.78 is 74.3. The summed E-state index contributed by atoms with van der Waals surface area (Å²) in [5, 5.41) is 170. The predicted octanol–water partition coefficient (Wildman–Crippen LogP) is -5.67. The van der Waals surface area contributed by atoms with E-state index in [1.165, 1.54) is 13.8 Å². The Morgan fingerprint density at radius 2 is 1.10 bits per heavy atom. The number of esters is 2. The molecule has 6 rings (SSSR count). The van der Waals surface area contributed by atoms with Crippen LogP contribution < -0.4 is 0 Å². The van der Waals surface area contributed by atoms with E-state index in [9.17, 15) is 91.3 Å². The van der Waals surface area contributed by atoms with Gasteiger partial charge in [-0.05, 0) is 25.7 Å². The first-order chi connectivity index (χ1) is 39.1. The Morgan fingerprint density at radius 3 is 1.71 bits per heavy atom. The Labute approximate surface area is 478 Å². The van der Waals surface area contributed by atoms with Crippen LogP contribution in [0.25, 0.3) is 0 Å². The summed E-state index contributed by atoms with van der Waals surface area (Å²) in [6, 6.07) is -1.56. The molecule has 29 atom stereocenters. The first-order valence-electron chi connectivity index (χ1n) is 27.7. The van der Waals surface area contributed by atoms with Crippen molar-refractivity contribution in [1.82, 2.24) is 0 Å². The fourth-order valence-electron chi connectivity index (χ4n) is 10.1. The average molecular weight is 1200 g/mol. The maximum absolute atomic E-state index is 13.7. The Kier molecular flexibility index (Phi) is 25.1. The molecule has 0 aromatic carbocycles. The minimum Gasteiger partial charge on any atom is -0.504 e. The van der Waals surface area contributed by atoms with E-state index < -0.39 is 240 Å². The maximum Gasteiger partial charge on any atom is 0.323 e. The van der Waals surface area contributed by atoms with Crippen molar-refractivity contribution in [2.75, 3.05) is 26.4 Å². The van der Waals surface area contributed by atoms with Crippen LogP contribution in [0.15, 0.2) is 23.4 Å². The van der Waals surface area contributed by atoms with Gasteiger partial charge in [0.2, 0.25) is 11.5 Å². The number of aliphatic hydroxyl groups is 16. The van der Waals surface area contributed by atoms with Crippen molar-refractivity contribution in [3.8, 4) is 0 Å². The summed E-state index contributed by atoms with van der Waals surface area (Å²) in [5.41, 5.74) is 0. The van der Waals surface area contributed by atoms with E-state index in [1.54, 1.807) is 13.8 Å². The van der Waals surface area contributed by atoms with E-state index in [4.69, 9.17) is 69.4 Å². The molecule has 0 spiro atoms. The number of hydrogen-bond acceptors (Lipinski definition) is 31. The van der Waals surface area contributed by atoms with Crippen LogP contribution in [0.1, 0.15) is 80.1 Å². The Morgan fingerprint density at radius 1 is 0.578 bits per heavy atom. The number of aliphatic hydroxyl groups excluding tert-OH is 16. The molecule has 2 radical (unpaired) electrons. The number of carbonyl (C=O) groups is 2. The van der Waals surface area contributed by atoms with Gasteiger partial charge < -0.3 is 143 Å². The summed E-state index contributed by atoms with van der Waals surface area (Å²) in [6.45, 7) is 7.20. The Hall–Kier alpha value is -3.56. The Balaban J connectivity index is 1.15. The molecule has 6 aliphatic rings. The fourth-order valence-corrected chi connectivity index (χ4v) is 10.1. The largest absolute Gasteiger partial charge is 0.504 e. The van der Waals surface area contributed by atoms with Gasteiger partial charge in [-0.15, -0.1) is 0 Å². The summed E-state index contributed by atoms with van der Waals surface area (Å²) in [7, 11) is 6.38. The third kappa shape index (κ3) is 16.5. The van der Waals surface area contributed by atoms with Crippen molar-refractivity contribution < 1.29 is 153 Å². The van der Waals surface area contributed by atoms with Crippen molar-refractivity contribution in [2.45, 2.75) is 245 Å². The molecule has 0 bridgehead atoms. The molecule has 4 saturated heterocycles. The molecule has 0 amide bonds. The first-order valence-corrected chi connectivity index (χ1v) is 27.7. The quantitative estimate of drug-likeness (QED) is 0.0283. The third-order valence-electron chi connectivity index (χ3n) is 15.7. The van der Waals surface area contributed by atoms with Crippen molar-refractivity contribution in [3.05, 3.63) is 23.4 Å². The SMILES string of the molecule is [B][C@@H]1O[C@H](C)[C@H](O)[C@H](OC(=O)C[C@@H](O)C[C@H](OC(=O)C[C@@H](O)C[C@H](O[C@@H]2O[C@@H](CO)[C@H](O)[C@H]2O)[C@@H](C)CC)[C@@H](C)CC)[C@H]1O[C@@H]1O[C@@H](C)[C@H](OC2=C(O)[C@@H](OC3=C(O)[C@@H](O)[C@H](O)CO3)[C@H](O)CO2)[C@@H](O[C@@H]2O[C@H](CO)[C@@H](O)[C@H](O)[C@H]2O)[C@H]1O. The number of hydrogen-bond donors (Lipinski definition) is 16. The lowest BCUT2D eigenvalue weighted by Gasteiger charge is -2.49. The van der Waals surface area contributed by atoms with Crippen LogP contribution in [0.2, 0.25) is 0 Å². The van der Waals surface area contributed by atoms with Gasteiger partial charge in [0.25, 0.3) is 0 Å². The zero-order chi connectivity index (χ0) is 61.5. The van der Waals surface area contributed by atoms with Crippen molar-refractivity contribution in [2.24, 2.45) is 11.8 Å². The minimum atomic E-state index is -2.15. The molecular weight excluding hydrogens is 1120 g/mol. The lowest BCUT2D eigenvalue weighted by molar-refractivity contribution is -0.371. The van der Waals surface area contributed by atoms with Gasteiger partial charge in [-0.3, -0.25) is 9.59 Å². The van der Waals surface area contributed by atoms with Gasteiger partial charge in [0.15, 0.2) is 37.2 Å². The predicted molar refractivity (Wildman–Crippen MR) is 271 cm³/mol. The van der Waals surface area contributed by atoms with E-state index in [-0.39, 0.29) is 24.7 Å². The molecule has 0 unspecified atom stereocenters. The van der Waals surface area contributed by atoms with Gasteiger partial charge in [0.05, 0.1) is 56.6 Å². The van der Waals surface area contributed by atoms with E-state index in [2.05, 4.69) is 0 Å². The highest BCUT2D eigenvalue weighted by Gasteiger charge is 2.55. The van der Waals surface area contributed by atoms with Crippen LogP contribution >= 0.6 is 0 Å². The first kappa shape index (κ1) is 68.6. The van der Waals surface area contributed by atoms with Gasteiger partial charge in [0.1, 0.15) is 113 Å². The third-order valence-corrected chi connectivity index (χ3v) is 15.7. The van der Waals surface area contributed by atoms with E-state index >= 15 is 0 Å². The van der Waals surface area contributed by atoms with Crippen molar-refractivity contribution in [1.29, 1.82) is 0 Å². The second-order valence-corrected chi connectivity index (χ2v) is 21.9. The molecular formula is C51H83BO31. The number of rotatable bonds is 26. The van der Waals surface area contributed by atoms with Crippen molar-refractivity contribution in [3.63, 3.8) is 0 Å². The van der Waals surface area contributed by atoms with Gasteiger partial charge in [-0.2, -0.15) is 0 Å². The molecule has 0 saturated carbocycles. The van der Waals surface area contributed by atoms with E-state index in [0.717, 1.165) is 0 Å². The van der Waals surface area contributed by atoms with Crippen LogP contribution in [-0.2, 0) is 71.2 Å². The molecule has 476 valence electrons. The zero-order valence-corrected chi connectivity index (χ0v) is 46.7. The van der Waals surface area contributed by atoms with Crippen LogP contribution in [0.3, 0.4) is 0 Å². The second kappa shape index (κ2) is 30.4. The minimum absolute atomic E-state index is 0.116. The fraction of sp³-hybridized carbons (Fsp3) is 0.882. The van der Waals surface area contributed by atoms with Crippen molar-refractivity contribution >= 4 is 19.8 Å². The topological polar surface area (TPSA) is 478 Å². The summed E-state index contributed by atoms with van der Waals surface area (Å²) in [5.74, 6) is -6.15. The molecule has 6 heterocycles. The van der Waals surface area contributed by atoms with Crippen LogP contribution in [0.4, 0.5) is 0 Å². The monoisotopic (exact) mass is 1200 g/mol. The highest BCUT2D eigenvalue weighted by molar-refractivity contribution is 6.11. The number of ether oxygens (including phenoxy) is 13. The zero-order valence-electron chi connectivity index (χ0n) is 46.7. The lowest BCUT2D eigenvalue weighted by Crippen LogP contribution is -2.66. The molecule has 0 aromatic rings. The van der Waals surface area contributed by atoms with Crippen LogP contribution in [0.5, 0.6) is 0 Å². The smallest absolute Gasteiger partial charge is 0.323 e. The lowest BCUT2D eigenvalue weighted by atomic mass is 9.84. The summed E-state index contributed by atoms with van der Waals surface area (Å²) in [6.07, 6.45) is -42.4. The van der Waals surface area contributed by atoms with Gasteiger partial charge in [-0.1, -0.05) is 40.5 Å².